The lowest BCUT2D eigenvalue weighted by molar-refractivity contribution is 0.240. The molecule has 2 amide bonds. The predicted molar refractivity (Wildman–Crippen MR) is 87.9 cm³/mol. The smallest absolute Gasteiger partial charge is 0.315 e. The molecule has 1 aromatic carbocycles. The van der Waals surface area contributed by atoms with Crippen molar-refractivity contribution in [1.82, 2.24) is 15.4 Å². The quantitative estimate of drug-likeness (QED) is 0.604. The van der Waals surface area contributed by atoms with Crippen molar-refractivity contribution in [2.45, 2.75) is 38.5 Å². The van der Waals surface area contributed by atoms with E-state index in [1.807, 2.05) is 12.1 Å². The molecular weight excluding hydrogens is 302 g/mol. The first-order chi connectivity index (χ1) is 10.5. The van der Waals surface area contributed by atoms with Gasteiger partial charge in [0.05, 0.1) is 5.75 Å². The average Bonchev–Trinajstić information content (AvgIpc) is 2.50. The summed E-state index contributed by atoms with van der Waals surface area (Å²) in [6.45, 7) is 3.21. The van der Waals surface area contributed by atoms with E-state index < -0.39 is 10.0 Å². The minimum atomic E-state index is -3.26. The molecule has 0 unspecified atom stereocenters. The number of carbonyl (C=O) groups excluding carboxylic acids is 1. The SMILES string of the molecule is CCCCCNC(=O)NCc1ccc(CS(=O)(=O)NC)cc1. The molecule has 124 valence electrons. The number of amides is 2. The van der Waals surface area contributed by atoms with Crippen molar-refractivity contribution >= 4 is 16.1 Å². The van der Waals surface area contributed by atoms with Crippen LogP contribution in [0.2, 0.25) is 0 Å². The second-order valence-electron chi connectivity index (χ2n) is 5.10. The molecule has 7 heteroatoms. The van der Waals surface area contributed by atoms with Gasteiger partial charge in [0.2, 0.25) is 10.0 Å². The monoisotopic (exact) mass is 327 g/mol. The van der Waals surface area contributed by atoms with Crippen LogP contribution in [0.3, 0.4) is 0 Å². The first-order valence-corrected chi connectivity index (χ1v) is 9.13. The fraction of sp³-hybridized carbons (Fsp3) is 0.533. The standard InChI is InChI=1S/C15H25N3O3S/c1-3-4-5-10-17-15(19)18-11-13-6-8-14(9-7-13)12-22(20,21)16-2/h6-9,16H,3-5,10-12H2,1-2H3,(H2,17,18,19). The lowest BCUT2D eigenvalue weighted by Crippen LogP contribution is -2.35. The fourth-order valence-electron chi connectivity index (χ4n) is 1.87. The number of benzene rings is 1. The van der Waals surface area contributed by atoms with E-state index in [9.17, 15) is 13.2 Å². The molecule has 0 aliphatic heterocycles. The Labute approximate surface area is 132 Å². The van der Waals surface area contributed by atoms with Gasteiger partial charge in [0, 0.05) is 13.1 Å². The predicted octanol–water partition coefficient (Wildman–Crippen LogP) is 1.73. The summed E-state index contributed by atoms with van der Waals surface area (Å²) in [4.78, 5) is 11.6. The number of hydrogen-bond donors (Lipinski definition) is 3. The minimum Gasteiger partial charge on any atom is -0.338 e. The molecule has 0 atom stereocenters. The number of nitrogens with one attached hydrogen (secondary N) is 3. The van der Waals surface area contributed by atoms with Crippen LogP contribution in [0, 0.1) is 0 Å². The Morgan fingerprint density at radius 3 is 2.27 bits per heavy atom. The molecule has 0 spiro atoms. The largest absolute Gasteiger partial charge is 0.338 e. The Morgan fingerprint density at radius 2 is 1.68 bits per heavy atom. The normalized spacial score (nSPS) is 11.2. The van der Waals surface area contributed by atoms with E-state index in [1.54, 1.807) is 12.1 Å². The molecule has 0 heterocycles. The maximum absolute atomic E-state index is 11.6. The Morgan fingerprint density at radius 1 is 1.05 bits per heavy atom. The third kappa shape index (κ3) is 7.42. The highest BCUT2D eigenvalue weighted by atomic mass is 32.2. The fourth-order valence-corrected chi connectivity index (χ4v) is 2.64. The number of unbranched alkanes of at least 4 members (excludes halogenated alkanes) is 2. The summed E-state index contributed by atoms with van der Waals surface area (Å²) in [6.07, 6.45) is 3.22. The highest BCUT2D eigenvalue weighted by Crippen LogP contribution is 2.07. The van der Waals surface area contributed by atoms with Gasteiger partial charge in [-0.3, -0.25) is 0 Å². The van der Waals surface area contributed by atoms with Crippen molar-refractivity contribution in [3.8, 4) is 0 Å². The highest BCUT2D eigenvalue weighted by Gasteiger charge is 2.08. The summed E-state index contributed by atoms with van der Waals surface area (Å²) >= 11 is 0. The van der Waals surface area contributed by atoms with Crippen LogP contribution < -0.4 is 15.4 Å². The Balaban J connectivity index is 2.37. The van der Waals surface area contributed by atoms with E-state index >= 15 is 0 Å². The molecule has 0 bridgehead atoms. The molecule has 0 saturated carbocycles. The Hall–Kier alpha value is -1.60. The second kappa shape index (κ2) is 9.42. The topological polar surface area (TPSA) is 87.3 Å². The summed E-state index contributed by atoms with van der Waals surface area (Å²) in [7, 11) is -1.86. The number of hydrogen-bond acceptors (Lipinski definition) is 3. The molecule has 0 aliphatic rings. The lowest BCUT2D eigenvalue weighted by atomic mass is 10.1. The van der Waals surface area contributed by atoms with Gasteiger partial charge in [-0.1, -0.05) is 44.0 Å². The van der Waals surface area contributed by atoms with Gasteiger partial charge < -0.3 is 10.6 Å². The van der Waals surface area contributed by atoms with Crippen molar-refractivity contribution in [3.63, 3.8) is 0 Å². The minimum absolute atomic E-state index is 0.0465. The lowest BCUT2D eigenvalue weighted by Gasteiger charge is -2.08. The molecule has 3 N–H and O–H groups in total. The van der Waals surface area contributed by atoms with Crippen molar-refractivity contribution in [3.05, 3.63) is 35.4 Å². The van der Waals surface area contributed by atoms with Crippen LogP contribution in [-0.4, -0.2) is 28.0 Å². The molecule has 0 aromatic heterocycles. The Kier molecular flexibility index (Phi) is 7.90. The van der Waals surface area contributed by atoms with E-state index in [-0.39, 0.29) is 11.8 Å². The molecule has 0 radical (unpaired) electrons. The van der Waals surface area contributed by atoms with Crippen LogP contribution >= 0.6 is 0 Å². The zero-order valence-electron chi connectivity index (χ0n) is 13.2. The zero-order valence-corrected chi connectivity index (χ0v) is 14.0. The van der Waals surface area contributed by atoms with Crippen molar-refractivity contribution < 1.29 is 13.2 Å². The Bertz CT molecular complexity index is 556. The molecule has 0 aliphatic carbocycles. The summed E-state index contributed by atoms with van der Waals surface area (Å²) < 4.78 is 25.2. The van der Waals surface area contributed by atoms with Crippen LogP contribution in [0.5, 0.6) is 0 Å². The third-order valence-corrected chi connectivity index (χ3v) is 4.55. The van der Waals surface area contributed by atoms with Gasteiger partial charge in [-0.2, -0.15) is 0 Å². The van der Waals surface area contributed by atoms with E-state index in [0.717, 1.165) is 24.8 Å². The molecule has 0 fully saturated rings. The van der Waals surface area contributed by atoms with Gasteiger partial charge in [0.15, 0.2) is 0 Å². The maximum atomic E-state index is 11.6. The van der Waals surface area contributed by atoms with E-state index in [1.165, 1.54) is 7.05 Å². The molecule has 6 nitrogen and oxygen atoms in total. The number of carbonyl (C=O) groups is 1. The summed E-state index contributed by atoms with van der Waals surface area (Å²) in [5, 5.41) is 5.57. The van der Waals surface area contributed by atoms with Crippen molar-refractivity contribution in [2.24, 2.45) is 0 Å². The van der Waals surface area contributed by atoms with Gasteiger partial charge in [0.25, 0.3) is 0 Å². The zero-order chi connectivity index (χ0) is 16.4. The summed E-state index contributed by atoms with van der Waals surface area (Å²) in [5.74, 6) is -0.0465. The molecule has 1 aromatic rings. The van der Waals surface area contributed by atoms with Gasteiger partial charge in [-0.25, -0.2) is 17.9 Å². The third-order valence-electron chi connectivity index (χ3n) is 3.21. The van der Waals surface area contributed by atoms with Crippen LogP contribution in [-0.2, 0) is 22.3 Å². The maximum Gasteiger partial charge on any atom is 0.315 e. The summed E-state index contributed by atoms with van der Waals surface area (Å²) in [5.41, 5.74) is 1.64. The second-order valence-corrected chi connectivity index (χ2v) is 7.02. The average molecular weight is 327 g/mol. The van der Waals surface area contributed by atoms with Crippen LogP contribution in [0.15, 0.2) is 24.3 Å². The number of sulfonamides is 1. The van der Waals surface area contributed by atoms with Crippen molar-refractivity contribution in [1.29, 1.82) is 0 Å². The number of urea groups is 1. The van der Waals surface area contributed by atoms with Crippen LogP contribution in [0.1, 0.15) is 37.3 Å². The van der Waals surface area contributed by atoms with Gasteiger partial charge in [-0.15, -0.1) is 0 Å². The van der Waals surface area contributed by atoms with Crippen LogP contribution in [0.25, 0.3) is 0 Å². The van der Waals surface area contributed by atoms with Gasteiger partial charge in [-0.05, 0) is 24.6 Å². The van der Waals surface area contributed by atoms with Crippen LogP contribution in [0.4, 0.5) is 4.79 Å². The molecule has 0 saturated heterocycles. The number of rotatable bonds is 9. The van der Waals surface area contributed by atoms with Gasteiger partial charge >= 0.3 is 6.03 Å². The first-order valence-electron chi connectivity index (χ1n) is 7.47. The first kappa shape index (κ1) is 18.4. The molecular formula is C15H25N3O3S. The summed E-state index contributed by atoms with van der Waals surface area (Å²) in [6, 6.07) is 6.96. The van der Waals surface area contributed by atoms with Gasteiger partial charge in [0.1, 0.15) is 0 Å². The van der Waals surface area contributed by atoms with E-state index in [4.69, 9.17) is 0 Å². The van der Waals surface area contributed by atoms with Crippen molar-refractivity contribution in [2.75, 3.05) is 13.6 Å². The highest BCUT2D eigenvalue weighted by molar-refractivity contribution is 7.88. The van der Waals surface area contributed by atoms with E-state index in [0.29, 0.717) is 18.7 Å². The van der Waals surface area contributed by atoms with E-state index in [2.05, 4.69) is 22.3 Å². The molecule has 22 heavy (non-hydrogen) atoms. The molecule has 1 rings (SSSR count).